The lowest BCUT2D eigenvalue weighted by Gasteiger charge is -2.22. The first-order chi connectivity index (χ1) is 8.17. The molecule has 1 aromatic rings. The third-order valence-corrected chi connectivity index (χ3v) is 2.90. The van der Waals surface area contributed by atoms with Crippen molar-refractivity contribution in [1.29, 1.82) is 0 Å². The number of ether oxygens (including phenoxy) is 2. The van der Waals surface area contributed by atoms with Crippen LogP contribution in [0.5, 0.6) is 0 Å². The van der Waals surface area contributed by atoms with Gasteiger partial charge in [0.1, 0.15) is 0 Å². The Hall–Kier alpha value is -0.420. The summed E-state index contributed by atoms with van der Waals surface area (Å²) in [5, 5.41) is 3.15. The van der Waals surface area contributed by atoms with E-state index in [9.17, 15) is 0 Å². The minimum Gasteiger partial charge on any atom is -0.382 e. The third kappa shape index (κ3) is 5.17. The fourth-order valence-corrected chi connectivity index (χ4v) is 2.11. The first-order valence-electron chi connectivity index (χ1n) is 5.71. The second-order valence-corrected chi connectivity index (χ2v) is 4.92. The molecule has 0 spiro atoms. The maximum absolute atomic E-state index is 5.96. The van der Waals surface area contributed by atoms with Gasteiger partial charge in [0.2, 0.25) is 0 Å². The van der Waals surface area contributed by atoms with Gasteiger partial charge >= 0.3 is 0 Å². The first kappa shape index (κ1) is 14.6. The van der Waals surface area contributed by atoms with Gasteiger partial charge in [0, 0.05) is 18.1 Å². The highest BCUT2D eigenvalue weighted by atomic mass is 79.9. The lowest BCUT2D eigenvalue weighted by molar-refractivity contribution is -0.0387. The van der Waals surface area contributed by atoms with E-state index in [-0.39, 0.29) is 12.2 Å². The normalized spacial score (nSPS) is 14.6. The van der Waals surface area contributed by atoms with Crippen LogP contribution in [0.1, 0.15) is 18.6 Å². The van der Waals surface area contributed by atoms with E-state index in [0.29, 0.717) is 6.61 Å². The Kier molecular flexibility index (Phi) is 6.73. The van der Waals surface area contributed by atoms with E-state index in [0.717, 1.165) is 16.6 Å². The Balaban J connectivity index is 2.71. The zero-order valence-corrected chi connectivity index (χ0v) is 12.2. The third-order valence-electron chi connectivity index (χ3n) is 2.41. The molecule has 17 heavy (non-hydrogen) atoms. The molecule has 2 unspecified atom stereocenters. The Labute approximate surface area is 112 Å². The predicted molar refractivity (Wildman–Crippen MR) is 73.2 cm³/mol. The van der Waals surface area contributed by atoms with Gasteiger partial charge in [0.05, 0.1) is 18.8 Å². The summed E-state index contributed by atoms with van der Waals surface area (Å²) in [7, 11) is 3.61. The van der Waals surface area contributed by atoms with E-state index in [1.165, 1.54) is 0 Å². The highest BCUT2D eigenvalue weighted by molar-refractivity contribution is 9.10. The van der Waals surface area contributed by atoms with Gasteiger partial charge in [-0.25, -0.2) is 0 Å². The molecule has 0 amide bonds. The number of nitrogens with one attached hydrogen (secondary N) is 1. The lowest BCUT2D eigenvalue weighted by Crippen LogP contribution is -2.25. The summed E-state index contributed by atoms with van der Waals surface area (Å²) < 4.78 is 12.1. The predicted octanol–water partition coefficient (Wildman–Crippen LogP) is 2.76. The second kappa shape index (κ2) is 7.82. The van der Waals surface area contributed by atoms with Crippen molar-refractivity contribution in [1.82, 2.24) is 5.32 Å². The summed E-state index contributed by atoms with van der Waals surface area (Å²) in [5.74, 6) is 0. The van der Waals surface area contributed by atoms with Crippen molar-refractivity contribution < 1.29 is 9.47 Å². The fraction of sp³-hybridized carbons (Fsp3) is 0.538. The van der Waals surface area contributed by atoms with Gasteiger partial charge in [-0.15, -0.1) is 0 Å². The molecule has 0 aliphatic rings. The van der Waals surface area contributed by atoms with Crippen molar-refractivity contribution in [3.8, 4) is 0 Å². The van der Waals surface area contributed by atoms with E-state index in [2.05, 4.69) is 33.4 Å². The maximum Gasteiger partial charge on any atom is 0.0954 e. The summed E-state index contributed by atoms with van der Waals surface area (Å²) in [6.45, 7) is 3.41. The Bertz CT molecular complexity index is 333. The standard InChI is InChI=1S/C13H20BrNO2/c1-10(9-16-3)17-13(8-15-2)11-5-4-6-12(14)7-11/h4-7,10,13,15H,8-9H2,1-3H3. The molecule has 96 valence electrons. The zero-order valence-electron chi connectivity index (χ0n) is 10.6. The molecule has 0 radical (unpaired) electrons. The van der Waals surface area contributed by atoms with Gasteiger partial charge in [-0.2, -0.15) is 0 Å². The van der Waals surface area contributed by atoms with Crippen LogP contribution < -0.4 is 5.32 Å². The van der Waals surface area contributed by atoms with Crippen molar-refractivity contribution in [2.24, 2.45) is 0 Å². The largest absolute Gasteiger partial charge is 0.382 e. The Morgan fingerprint density at radius 2 is 2.18 bits per heavy atom. The van der Waals surface area contributed by atoms with Crippen LogP contribution in [0.4, 0.5) is 0 Å². The minimum absolute atomic E-state index is 0.0441. The van der Waals surface area contributed by atoms with Crippen LogP contribution in [0.2, 0.25) is 0 Å². The van der Waals surface area contributed by atoms with Gasteiger partial charge in [0.25, 0.3) is 0 Å². The second-order valence-electron chi connectivity index (χ2n) is 4.00. The highest BCUT2D eigenvalue weighted by Gasteiger charge is 2.15. The zero-order chi connectivity index (χ0) is 12.7. The maximum atomic E-state index is 5.96. The van der Waals surface area contributed by atoms with Crippen LogP contribution in [0, 0.1) is 0 Å². The molecule has 0 bridgehead atoms. The molecule has 0 aromatic heterocycles. The highest BCUT2D eigenvalue weighted by Crippen LogP contribution is 2.22. The number of methoxy groups -OCH3 is 1. The van der Waals surface area contributed by atoms with E-state index >= 15 is 0 Å². The van der Waals surface area contributed by atoms with Crippen LogP contribution in [-0.4, -0.2) is 33.4 Å². The summed E-state index contributed by atoms with van der Waals surface area (Å²) in [6.07, 6.45) is 0.125. The number of likely N-dealkylation sites (N-methyl/N-ethyl adjacent to an activating group) is 1. The average molecular weight is 302 g/mol. The van der Waals surface area contributed by atoms with E-state index < -0.39 is 0 Å². The van der Waals surface area contributed by atoms with Crippen LogP contribution >= 0.6 is 15.9 Å². The van der Waals surface area contributed by atoms with E-state index in [1.54, 1.807) is 7.11 Å². The van der Waals surface area contributed by atoms with Crippen LogP contribution in [-0.2, 0) is 9.47 Å². The van der Waals surface area contributed by atoms with E-state index in [1.807, 2.05) is 26.1 Å². The molecule has 0 aliphatic carbocycles. The number of hydrogen-bond donors (Lipinski definition) is 1. The molecule has 1 aromatic carbocycles. The van der Waals surface area contributed by atoms with Crippen molar-refractivity contribution in [2.45, 2.75) is 19.1 Å². The average Bonchev–Trinajstić information content (AvgIpc) is 2.29. The number of hydrogen-bond acceptors (Lipinski definition) is 3. The molecule has 1 N–H and O–H groups in total. The number of rotatable bonds is 7. The molecular weight excluding hydrogens is 282 g/mol. The quantitative estimate of drug-likeness (QED) is 0.840. The van der Waals surface area contributed by atoms with Crippen molar-refractivity contribution in [3.63, 3.8) is 0 Å². The molecule has 0 fully saturated rings. The first-order valence-corrected chi connectivity index (χ1v) is 6.51. The number of halogens is 1. The van der Waals surface area contributed by atoms with Crippen molar-refractivity contribution >= 4 is 15.9 Å². The summed E-state index contributed by atoms with van der Waals surface area (Å²) in [4.78, 5) is 0. The van der Waals surface area contributed by atoms with Crippen LogP contribution in [0.3, 0.4) is 0 Å². The van der Waals surface area contributed by atoms with Crippen LogP contribution in [0.25, 0.3) is 0 Å². The molecule has 1 rings (SSSR count). The Morgan fingerprint density at radius 3 is 2.76 bits per heavy atom. The molecule has 0 saturated carbocycles. The van der Waals surface area contributed by atoms with Crippen LogP contribution in [0.15, 0.2) is 28.7 Å². The van der Waals surface area contributed by atoms with Gasteiger partial charge < -0.3 is 14.8 Å². The number of benzene rings is 1. The molecule has 2 atom stereocenters. The smallest absolute Gasteiger partial charge is 0.0954 e. The lowest BCUT2D eigenvalue weighted by atomic mass is 10.1. The molecule has 0 saturated heterocycles. The monoisotopic (exact) mass is 301 g/mol. The minimum atomic E-state index is 0.0441. The van der Waals surface area contributed by atoms with E-state index in [4.69, 9.17) is 9.47 Å². The molecule has 4 heteroatoms. The van der Waals surface area contributed by atoms with Crippen molar-refractivity contribution in [2.75, 3.05) is 27.3 Å². The summed E-state index contributed by atoms with van der Waals surface area (Å²) in [6, 6.07) is 8.19. The molecule has 0 aliphatic heterocycles. The molecule has 0 heterocycles. The van der Waals surface area contributed by atoms with Crippen molar-refractivity contribution in [3.05, 3.63) is 34.3 Å². The Morgan fingerprint density at radius 1 is 1.41 bits per heavy atom. The fourth-order valence-electron chi connectivity index (χ4n) is 1.69. The summed E-state index contributed by atoms with van der Waals surface area (Å²) >= 11 is 3.48. The molecule has 3 nitrogen and oxygen atoms in total. The summed E-state index contributed by atoms with van der Waals surface area (Å²) in [5.41, 5.74) is 1.16. The van der Waals surface area contributed by atoms with Gasteiger partial charge in [-0.3, -0.25) is 0 Å². The topological polar surface area (TPSA) is 30.5 Å². The van der Waals surface area contributed by atoms with Gasteiger partial charge in [-0.05, 0) is 31.7 Å². The molecular formula is C13H20BrNO2. The SMILES string of the molecule is CNCC(OC(C)COC)c1cccc(Br)c1. The van der Waals surface area contributed by atoms with Gasteiger partial charge in [0.15, 0.2) is 0 Å². The van der Waals surface area contributed by atoms with Gasteiger partial charge in [-0.1, -0.05) is 28.1 Å².